The van der Waals surface area contributed by atoms with Crippen molar-refractivity contribution in [1.82, 2.24) is 4.98 Å². The number of hydrogen-bond acceptors (Lipinski definition) is 2. The Balaban J connectivity index is 2.55. The molecule has 0 saturated carbocycles. The molecule has 1 N–H and O–H groups in total. The Bertz CT molecular complexity index is 537. The van der Waals surface area contributed by atoms with Gasteiger partial charge in [-0.05, 0) is 44.5 Å². The lowest BCUT2D eigenvalue weighted by molar-refractivity contribution is 0.765. The van der Waals surface area contributed by atoms with Gasteiger partial charge in [0.1, 0.15) is 0 Å². The summed E-state index contributed by atoms with van der Waals surface area (Å²) < 4.78 is 1.09. The minimum Gasteiger partial charge on any atom is -0.382 e. The van der Waals surface area contributed by atoms with Gasteiger partial charge in [-0.3, -0.25) is 4.98 Å². The van der Waals surface area contributed by atoms with E-state index in [0.29, 0.717) is 6.04 Å². The largest absolute Gasteiger partial charge is 0.382 e. The number of anilines is 1. The topological polar surface area (TPSA) is 24.9 Å². The van der Waals surface area contributed by atoms with Crippen LogP contribution in [-0.2, 0) is 0 Å². The fraction of sp³-hybridized carbons (Fsp3) is 0.357. The first-order valence-electron chi connectivity index (χ1n) is 5.93. The lowest BCUT2D eigenvalue weighted by Gasteiger charge is -2.15. The Hall–Kier alpha value is -1.09. The van der Waals surface area contributed by atoms with Crippen LogP contribution >= 0.6 is 15.9 Å². The molecule has 0 spiro atoms. The summed E-state index contributed by atoms with van der Waals surface area (Å²) in [5.74, 6) is 0. The van der Waals surface area contributed by atoms with Crippen LogP contribution in [0, 0.1) is 6.92 Å². The number of nitrogens with zero attached hydrogens (tertiary/aromatic N) is 1. The molecule has 0 fully saturated rings. The van der Waals surface area contributed by atoms with E-state index in [1.54, 1.807) is 0 Å². The van der Waals surface area contributed by atoms with E-state index in [-0.39, 0.29) is 0 Å². The number of halogens is 1. The molecule has 1 atom stereocenters. The molecule has 2 aromatic rings. The predicted molar refractivity (Wildman–Crippen MR) is 77.6 cm³/mol. The van der Waals surface area contributed by atoms with Gasteiger partial charge >= 0.3 is 0 Å². The second-order valence-corrected chi connectivity index (χ2v) is 5.34. The molecule has 0 aliphatic carbocycles. The second-order valence-electron chi connectivity index (χ2n) is 4.43. The van der Waals surface area contributed by atoms with Gasteiger partial charge in [0.15, 0.2) is 0 Å². The number of aryl methyl sites for hydroxylation is 1. The SMILES string of the molecule is CCC(C)Nc1cc(C)nc2ccc(Br)cc12. The number of rotatable bonds is 3. The summed E-state index contributed by atoms with van der Waals surface area (Å²) in [6.07, 6.45) is 1.11. The maximum atomic E-state index is 4.55. The smallest absolute Gasteiger partial charge is 0.0726 e. The van der Waals surface area contributed by atoms with E-state index >= 15 is 0 Å². The Morgan fingerprint density at radius 2 is 2.12 bits per heavy atom. The number of pyridine rings is 1. The molecule has 1 unspecified atom stereocenters. The molecule has 0 amide bonds. The summed E-state index contributed by atoms with van der Waals surface area (Å²) in [4.78, 5) is 4.55. The highest BCUT2D eigenvalue weighted by molar-refractivity contribution is 9.10. The molecule has 1 aromatic carbocycles. The van der Waals surface area contributed by atoms with Gasteiger partial charge in [-0.1, -0.05) is 22.9 Å². The molecular weight excluding hydrogens is 276 g/mol. The number of hydrogen-bond donors (Lipinski definition) is 1. The van der Waals surface area contributed by atoms with Crippen molar-refractivity contribution in [2.75, 3.05) is 5.32 Å². The summed E-state index contributed by atoms with van der Waals surface area (Å²) in [6, 6.07) is 8.78. The summed E-state index contributed by atoms with van der Waals surface area (Å²) >= 11 is 3.51. The van der Waals surface area contributed by atoms with Gasteiger partial charge in [0.25, 0.3) is 0 Å². The molecular formula is C14H17BrN2. The number of fused-ring (bicyclic) bond motifs is 1. The molecule has 0 aliphatic heterocycles. The van der Waals surface area contributed by atoms with E-state index in [4.69, 9.17) is 0 Å². The van der Waals surface area contributed by atoms with Crippen LogP contribution < -0.4 is 5.32 Å². The molecule has 90 valence electrons. The van der Waals surface area contributed by atoms with Crippen LogP contribution in [0.5, 0.6) is 0 Å². The summed E-state index contributed by atoms with van der Waals surface area (Å²) in [5, 5.41) is 4.71. The Morgan fingerprint density at radius 1 is 1.35 bits per heavy atom. The molecule has 3 heteroatoms. The zero-order valence-corrected chi connectivity index (χ0v) is 12.0. The monoisotopic (exact) mass is 292 g/mol. The van der Waals surface area contributed by atoms with Gasteiger partial charge in [-0.25, -0.2) is 0 Å². The summed E-state index contributed by atoms with van der Waals surface area (Å²) in [6.45, 7) is 6.41. The van der Waals surface area contributed by atoms with Crippen LogP contribution in [0.1, 0.15) is 26.0 Å². The van der Waals surface area contributed by atoms with Gasteiger partial charge in [0.2, 0.25) is 0 Å². The average Bonchev–Trinajstić information content (AvgIpc) is 2.29. The van der Waals surface area contributed by atoms with Gasteiger partial charge in [-0.15, -0.1) is 0 Å². The van der Waals surface area contributed by atoms with Crippen molar-refractivity contribution in [2.45, 2.75) is 33.2 Å². The van der Waals surface area contributed by atoms with E-state index in [1.807, 2.05) is 19.1 Å². The summed E-state index contributed by atoms with van der Waals surface area (Å²) in [7, 11) is 0. The Labute approximate surface area is 111 Å². The molecule has 0 bridgehead atoms. The molecule has 1 aromatic heterocycles. The van der Waals surface area contributed by atoms with E-state index in [2.05, 4.69) is 52.2 Å². The van der Waals surface area contributed by atoms with Gasteiger partial charge in [-0.2, -0.15) is 0 Å². The highest BCUT2D eigenvalue weighted by Gasteiger charge is 2.06. The van der Waals surface area contributed by atoms with Gasteiger partial charge in [0.05, 0.1) is 5.52 Å². The van der Waals surface area contributed by atoms with Crippen molar-refractivity contribution in [3.63, 3.8) is 0 Å². The third kappa shape index (κ3) is 2.78. The second kappa shape index (κ2) is 5.05. The standard InChI is InChI=1S/C14H17BrN2/c1-4-9(2)16-14-7-10(3)17-13-6-5-11(15)8-12(13)14/h5-9H,4H2,1-3H3,(H,16,17). The van der Waals surface area contributed by atoms with Crippen molar-refractivity contribution in [3.05, 3.63) is 34.4 Å². The molecule has 0 radical (unpaired) electrons. The van der Waals surface area contributed by atoms with E-state index < -0.39 is 0 Å². The van der Waals surface area contributed by atoms with Crippen molar-refractivity contribution >= 4 is 32.5 Å². The zero-order chi connectivity index (χ0) is 12.4. The van der Waals surface area contributed by atoms with Crippen molar-refractivity contribution in [1.29, 1.82) is 0 Å². The van der Waals surface area contributed by atoms with Crippen LogP contribution in [0.15, 0.2) is 28.7 Å². The first-order chi connectivity index (χ1) is 8.10. The van der Waals surface area contributed by atoms with E-state index in [9.17, 15) is 0 Å². The molecule has 1 heterocycles. The third-order valence-electron chi connectivity index (χ3n) is 2.91. The van der Waals surface area contributed by atoms with Crippen LogP contribution in [0.3, 0.4) is 0 Å². The molecule has 2 rings (SSSR count). The molecule has 17 heavy (non-hydrogen) atoms. The lowest BCUT2D eigenvalue weighted by atomic mass is 10.1. The minimum absolute atomic E-state index is 0.471. The van der Waals surface area contributed by atoms with Crippen molar-refractivity contribution < 1.29 is 0 Å². The maximum absolute atomic E-state index is 4.55. The fourth-order valence-corrected chi connectivity index (χ4v) is 2.18. The van der Waals surface area contributed by atoms with Crippen molar-refractivity contribution in [2.24, 2.45) is 0 Å². The van der Waals surface area contributed by atoms with Crippen LogP contribution in [0.2, 0.25) is 0 Å². The number of nitrogens with one attached hydrogen (secondary N) is 1. The molecule has 2 nitrogen and oxygen atoms in total. The normalized spacial score (nSPS) is 12.7. The Morgan fingerprint density at radius 3 is 2.82 bits per heavy atom. The van der Waals surface area contributed by atoms with Crippen LogP contribution in [-0.4, -0.2) is 11.0 Å². The average molecular weight is 293 g/mol. The highest BCUT2D eigenvalue weighted by Crippen LogP contribution is 2.27. The minimum atomic E-state index is 0.471. The molecule has 0 saturated heterocycles. The van der Waals surface area contributed by atoms with E-state index in [0.717, 1.165) is 22.1 Å². The van der Waals surface area contributed by atoms with E-state index in [1.165, 1.54) is 11.1 Å². The predicted octanol–water partition coefficient (Wildman–Crippen LogP) is 4.52. The van der Waals surface area contributed by atoms with Crippen molar-refractivity contribution in [3.8, 4) is 0 Å². The number of aromatic nitrogens is 1. The third-order valence-corrected chi connectivity index (χ3v) is 3.41. The van der Waals surface area contributed by atoms with Gasteiger partial charge in [0, 0.05) is 27.3 Å². The quantitative estimate of drug-likeness (QED) is 0.900. The van der Waals surface area contributed by atoms with Crippen LogP contribution in [0.4, 0.5) is 5.69 Å². The Kier molecular flexibility index (Phi) is 3.67. The number of benzene rings is 1. The molecule has 0 aliphatic rings. The highest BCUT2D eigenvalue weighted by atomic mass is 79.9. The van der Waals surface area contributed by atoms with Crippen LogP contribution in [0.25, 0.3) is 10.9 Å². The first-order valence-corrected chi connectivity index (χ1v) is 6.73. The maximum Gasteiger partial charge on any atom is 0.0726 e. The van der Waals surface area contributed by atoms with Gasteiger partial charge < -0.3 is 5.32 Å². The first kappa shape index (κ1) is 12.4. The lowest BCUT2D eigenvalue weighted by Crippen LogP contribution is -2.13. The fourth-order valence-electron chi connectivity index (χ4n) is 1.82. The zero-order valence-electron chi connectivity index (χ0n) is 10.4. The summed E-state index contributed by atoms with van der Waals surface area (Å²) in [5.41, 5.74) is 3.26.